The van der Waals surface area contributed by atoms with Crippen LogP contribution in [0.15, 0.2) is 21.9 Å². The van der Waals surface area contributed by atoms with Crippen LogP contribution in [0.2, 0.25) is 0 Å². The molecule has 120 valence electrons. The second-order valence-corrected chi connectivity index (χ2v) is 6.87. The van der Waals surface area contributed by atoms with E-state index in [2.05, 4.69) is 45.4 Å². The summed E-state index contributed by atoms with van der Waals surface area (Å²) < 4.78 is 8.19. The summed E-state index contributed by atoms with van der Waals surface area (Å²) in [6.07, 6.45) is 0. The normalized spacial score (nSPS) is 16.5. The van der Waals surface area contributed by atoms with Crippen molar-refractivity contribution in [1.82, 2.24) is 24.6 Å². The van der Waals surface area contributed by atoms with E-state index in [0.717, 1.165) is 36.0 Å². The van der Waals surface area contributed by atoms with Gasteiger partial charge in [0.15, 0.2) is 0 Å². The van der Waals surface area contributed by atoms with Gasteiger partial charge in [0, 0.05) is 18.8 Å². The minimum atomic E-state index is 0.0854. The lowest BCUT2D eigenvalue weighted by atomic mass is 10.2. The minimum absolute atomic E-state index is 0.0854. The lowest BCUT2D eigenvalue weighted by Gasteiger charge is -2.31. The van der Waals surface area contributed by atoms with Gasteiger partial charge in [0.25, 0.3) is 5.89 Å². The van der Waals surface area contributed by atoms with Crippen molar-refractivity contribution in [1.29, 1.82) is 0 Å². The van der Waals surface area contributed by atoms with Crippen molar-refractivity contribution in [3.8, 4) is 10.8 Å². The Labute approximate surface area is 138 Å². The summed E-state index contributed by atoms with van der Waals surface area (Å²) in [7, 11) is 0. The molecule has 4 rings (SSSR count). The molecule has 23 heavy (non-hydrogen) atoms. The van der Waals surface area contributed by atoms with Gasteiger partial charge in [-0.3, -0.25) is 4.90 Å². The first kappa shape index (κ1) is 14.6. The average Bonchev–Trinajstić information content (AvgIpc) is 3.27. The maximum Gasteiger partial charge on any atom is 0.257 e. The summed E-state index contributed by atoms with van der Waals surface area (Å²) in [6.45, 7) is 9.05. The van der Waals surface area contributed by atoms with Crippen molar-refractivity contribution in [2.24, 2.45) is 0 Å². The van der Waals surface area contributed by atoms with E-state index in [1.165, 1.54) is 5.69 Å². The van der Waals surface area contributed by atoms with Crippen molar-refractivity contribution in [3.05, 3.63) is 40.6 Å². The number of aryl methyl sites for hydroxylation is 1. The van der Waals surface area contributed by atoms with Crippen LogP contribution < -0.4 is 0 Å². The van der Waals surface area contributed by atoms with Crippen LogP contribution in [0.25, 0.3) is 10.8 Å². The third-order valence-corrected chi connectivity index (χ3v) is 5.43. The van der Waals surface area contributed by atoms with Crippen molar-refractivity contribution >= 4 is 11.3 Å². The van der Waals surface area contributed by atoms with E-state index in [4.69, 9.17) is 4.42 Å². The topological polar surface area (TPSA) is 60.0 Å². The zero-order chi connectivity index (χ0) is 16.0. The molecule has 0 aliphatic carbocycles. The molecule has 0 bridgehead atoms. The molecular weight excluding hydrogens is 310 g/mol. The maximum absolute atomic E-state index is 5.88. The van der Waals surface area contributed by atoms with E-state index in [1.54, 1.807) is 11.3 Å². The quantitative estimate of drug-likeness (QED) is 0.738. The van der Waals surface area contributed by atoms with Crippen LogP contribution in [0.1, 0.15) is 36.1 Å². The fraction of sp³-hybridized carbons (Fsp3) is 0.438. The third kappa shape index (κ3) is 2.49. The zero-order valence-corrected chi connectivity index (χ0v) is 14.3. The molecule has 6 nitrogen and oxygen atoms in total. The minimum Gasteiger partial charge on any atom is -0.418 e. The summed E-state index contributed by atoms with van der Waals surface area (Å²) in [4.78, 5) is 8.03. The van der Waals surface area contributed by atoms with Crippen molar-refractivity contribution in [3.63, 3.8) is 0 Å². The lowest BCUT2D eigenvalue weighted by molar-refractivity contribution is 0.142. The van der Waals surface area contributed by atoms with Crippen LogP contribution >= 0.6 is 11.3 Å². The number of hydrogen-bond acceptors (Lipinski definition) is 6. The molecule has 3 aromatic rings. The number of hydrogen-bond donors (Lipinski definition) is 0. The fourth-order valence-corrected chi connectivity index (χ4v) is 3.66. The summed E-state index contributed by atoms with van der Waals surface area (Å²) >= 11 is 1.61. The maximum atomic E-state index is 5.88. The number of imidazole rings is 1. The smallest absolute Gasteiger partial charge is 0.257 e. The first-order valence-electron chi connectivity index (χ1n) is 7.77. The molecule has 1 aliphatic rings. The molecule has 0 saturated heterocycles. The summed E-state index contributed by atoms with van der Waals surface area (Å²) in [5.74, 6) is 2.39. The van der Waals surface area contributed by atoms with Gasteiger partial charge in [-0.15, -0.1) is 21.5 Å². The molecule has 7 heteroatoms. The molecule has 4 heterocycles. The van der Waals surface area contributed by atoms with Gasteiger partial charge in [-0.1, -0.05) is 6.07 Å². The molecule has 0 radical (unpaired) electrons. The molecule has 1 unspecified atom stereocenters. The van der Waals surface area contributed by atoms with E-state index >= 15 is 0 Å². The van der Waals surface area contributed by atoms with E-state index in [1.807, 2.05) is 17.5 Å². The molecule has 0 fully saturated rings. The Bertz CT molecular complexity index is 820. The Morgan fingerprint density at radius 1 is 1.26 bits per heavy atom. The van der Waals surface area contributed by atoms with E-state index in [0.29, 0.717) is 11.8 Å². The van der Waals surface area contributed by atoms with Crippen molar-refractivity contribution in [2.75, 3.05) is 6.54 Å². The first-order chi connectivity index (χ1) is 11.1. The molecule has 0 N–H and O–H groups in total. The van der Waals surface area contributed by atoms with Gasteiger partial charge in [-0.05, 0) is 32.2 Å². The fourth-order valence-electron chi connectivity index (χ4n) is 3.02. The summed E-state index contributed by atoms with van der Waals surface area (Å²) in [5, 5.41) is 10.4. The zero-order valence-electron chi connectivity index (χ0n) is 13.5. The van der Waals surface area contributed by atoms with E-state index < -0.39 is 0 Å². The number of rotatable bonds is 3. The van der Waals surface area contributed by atoms with E-state index in [-0.39, 0.29) is 6.04 Å². The van der Waals surface area contributed by atoms with Gasteiger partial charge in [0.2, 0.25) is 5.89 Å². The van der Waals surface area contributed by atoms with Gasteiger partial charge in [-0.25, -0.2) is 4.98 Å². The second kappa shape index (κ2) is 5.58. The monoisotopic (exact) mass is 329 g/mol. The highest BCUT2D eigenvalue weighted by atomic mass is 32.1. The molecule has 1 aliphatic heterocycles. The predicted molar refractivity (Wildman–Crippen MR) is 88.1 cm³/mol. The number of fused-ring (bicyclic) bond motifs is 1. The number of thiophene rings is 1. The molecular formula is C16H19N5OS. The number of nitrogens with zero attached hydrogens (tertiary/aromatic N) is 5. The standard InChI is InChI=1S/C16H19N5OS/c1-10-11(2)21-7-6-20(9-14(21)17-10)12(3)15-18-19-16(22-15)13-5-4-8-23-13/h4-5,8,12H,6-7,9H2,1-3H3. The molecule has 1 atom stereocenters. The highest BCUT2D eigenvalue weighted by Crippen LogP contribution is 2.29. The van der Waals surface area contributed by atoms with Crippen LogP contribution in [0.5, 0.6) is 0 Å². The van der Waals surface area contributed by atoms with Crippen molar-refractivity contribution in [2.45, 2.75) is 39.9 Å². The molecule has 3 aromatic heterocycles. The average molecular weight is 329 g/mol. The van der Waals surface area contributed by atoms with Crippen LogP contribution in [0, 0.1) is 13.8 Å². The van der Waals surface area contributed by atoms with Gasteiger partial charge in [0.05, 0.1) is 23.2 Å². The highest BCUT2D eigenvalue weighted by Gasteiger charge is 2.27. The van der Waals surface area contributed by atoms with E-state index in [9.17, 15) is 0 Å². The van der Waals surface area contributed by atoms with Crippen LogP contribution in [0.3, 0.4) is 0 Å². The van der Waals surface area contributed by atoms with Crippen LogP contribution in [-0.4, -0.2) is 31.2 Å². The van der Waals surface area contributed by atoms with Gasteiger partial charge in [0.1, 0.15) is 5.82 Å². The Hall–Kier alpha value is -1.99. The summed E-state index contributed by atoms with van der Waals surface area (Å²) in [5.41, 5.74) is 2.39. The lowest BCUT2D eigenvalue weighted by Crippen LogP contribution is -2.36. The molecule has 0 spiro atoms. The predicted octanol–water partition coefficient (Wildman–Crippen LogP) is 3.19. The third-order valence-electron chi connectivity index (χ3n) is 4.57. The Morgan fingerprint density at radius 2 is 2.13 bits per heavy atom. The van der Waals surface area contributed by atoms with Crippen LogP contribution in [0.4, 0.5) is 0 Å². The van der Waals surface area contributed by atoms with Crippen molar-refractivity contribution < 1.29 is 4.42 Å². The van der Waals surface area contributed by atoms with Gasteiger partial charge >= 0.3 is 0 Å². The Morgan fingerprint density at radius 3 is 2.91 bits per heavy atom. The van der Waals surface area contributed by atoms with Gasteiger partial charge < -0.3 is 8.98 Å². The number of aromatic nitrogens is 4. The second-order valence-electron chi connectivity index (χ2n) is 5.92. The largest absolute Gasteiger partial charge is 0.418 e. The highest BCUT2D eigenvalue weighted by molar-refractivity contribution is 7.13. The SMILES string of the molecule is Cc1nc2n(c1C)CCN(C(C)c1nnc(-c3cccs3)o1)C2. The molecule has 0 amide bonds. The Balaban J connectivity index is 1.55. The summed E-state index contributed by atoms with van der Waals surface area (Å²) in [6, 6.07) is 4.07. The molecule has 0 saturated carbocycles. The van der Waals surface area contributed by atoms with Crippen LogP contribution in [-0.2, 0) is 13.1 Å². The molecule has 0 aromatic carbocycles. The first-order valence-corrected chi connectivity index (χ1v) is 8.65. The van der Waals surface area contributed by atoms with Gasteiger partial charge in [-0.2, -0.15) is 0 Å². The Kier molecular flexibility index (Phi) is 3.54.